The number of carbonyl (C=O) groups excluding carboxylic acids is 2. The molecule has 1 heterocycles. The van der Waals surface area contributed by atoms with Gasteiger partial charge in [0.05, 0.1) is 6.61 Å². The second-order valence-corrected chi connectivity index (χ2v) is 4.44. The predicted molar refractivity (Wildman–Crippen MR) is 67.2 cm³/mol. The summed E-state index contributed by atoms with van der Waals surface area (Å²) in [5.74, 6) is -0.158. The molecule has 1 aromatic rings. The molecule has 5 nitrogen and oxygen atoms in total. The lowest BCUT2D eigenvalue weighted by atomic mass is 10.2. The molecule has 0 fully saturated rings. The van der Waals surface area contributed by atoms with Gasteiger partial charge < -0.3 is 14.2 Å². The van der Waals surface area contributed by atoms with Crippen molar-refractivity contribution in [2.75, 3.05) is 6.61 Å². The molecule has 0 bridgehead atoms. The Balaban J connectivity index is 2.32. The fraction of sp³-hybridized carbons (Fsp3) is 0.429. The standard InChI is InChI=1S/C14H16O5/c1-9-7-8-17-11-5-3-4-6-12(11)19-13(10(2)15)14(16)18-9/h3-6,9,13H,7-8H2,1-2H3/t9-,13+/m1/s1. The van der Waals surface area contributed by atoms with Crippen LogP contribution in [0.1, 0.15) is 20.3 Å². The summed E-state index contributed by atoms with van der Waals surface area (Å²) in [7, 11) is 0. The Morgan fingerprint density at radius 2 is 1.89 bits per heavy atom. The minimum atomic E-state index is -1.25. The Morgan fingerprint density at radius 1 is 1.21 bits per heavy atom. The first-order valence-corrected chi connectivity index (χ1v) is 6.17. The molecule has 0 unspecified atom stereocenters. The monoisotopic (exact) mass is 264 g/mol. The first kappa shape index (κ1) is 13.4. The van der Waals surface area contributed by atoms with E-state index in [2.05, 4.69) is 0 Å². The van der Waals surface area contributed by atoms with E-state index in [0.29, 0.717) is 24.5 Å². The van der Waals surface area contributed by atoms with Crippen molar-refractivity contribution in [2.45, 2.75) is 32.5 Å². The molecule has 0 aliphatic carbocycles. The van der Waals surface area contributed by atoms with Crippen LogP contribution in [-0.4, -0.2) is 30.6 Å². The second kappa shape index (κ2) is 5.73. The van der Waals surface area contributed by atoms with Crippen molar-refractivity contribution < 1.29 is 23.8 Å². The predicted octanol–water partition coefficient (Wildman–Crippen LogP) is 1.74. The third-order valence-electron chi connectivity index (χ3n) is 2.78. The number of esters is 1. The number of hydrogen-bond donors (Lipinski definition) is 0. The SMILES string of the molecule is CC(=O)[C@@H]1Oc2ccccc2OCC[C@@H](C)OC1=O. The van der Waals surface area contributed by atoms with E-state index in [4.69, 9.17) is 14.2 Å². The summed E-state index contributed by atoms with van der Waals surface area (Å²) >= 11 is 0. The van der Waals surface area contributed by atoms with Crippen molar-refractivity contribution in [3.63, 3.8) is 0 Å². The lowest BCUT2D eigenvalue weighted by Crippen LogP contribution is -2.38. The Labute approximate surface area is 111 Å². The van der Waals surface area contributed by atoms with E-state index in [1.54, 1.807) is 31.2 Å². The molecule has 2 rings (SSSR count). The number of rotatable bonds is 1. The van der Waals surface area contributed by atoms with Crippen LogP contribution in [0, 0.1) is 0 Å². The molecule has 1 aliphatic rings. The van der Waals surface area contributed by atoms with Gasteiger partial charge in [0.25, 0.3) is 6.10 Å². The van der Waals surface area contributed by atoms with Crippen LogP contribution in [-0.2, 0) is 14.3 Å². The van der Waals surface area contributed by atoms with E-state index in [-0.39, 0.29) is 6.10 Å². The topological polar surface area (TPSA) is 61.8 Å². The second-order valence-electron chi connectivity index (χ2n) is 4.44. The van der Waals surface area contributed by atoms with Crippen LogP contribution in [0.15, 0.2) is 24.3 Å². The van der Waals surface area contributed by atoms with Crippen LogP contribution < -0.4 is 9.47 Å². The zero-order valence-electron chi connectivity index (χ0n) is 10.9. The van der Waals surface area contributed by atoms with Crippen molar-refractivity contribution in [3.8, 4) is 11.5 Å². The average molecular weight is 264 g/mol. The van der Waals surface area contributed by atoms with Crippen LogP contribution >= 0.6 is 0 Å². The van der Waals surface area contributed by atoms with Crippen molar-refractivity contribution in [1.29, 1.82) is 0 Å². The lowest BCUT2D eigenvalue weighted by molar-refractivity contribution is -0.160. The molecule has 0 saturated heterocycles. The van der Waals surface area contributed by atoms with Crippen LogP contribution in [0.3, 0.4) is 0 Å². The molecule has 0 N–H and O–H groups in total. The Bertz CT molecular complexity index is 482. The summed E-state index contributed by atoms with van der Waals surface area (Å²) in [6, 6.07) is 6.95. The van der Waals surface area contributed by atoms with Crippen molar-refractivity contribution in [1.82, 2.24) is 0 Å². The largest absolute Gasteiger partial charge is 0.490 e. The molecule has 0 radical (unpaired) electrons. The summed E-state index contributed by atoms with van der Waals surface area (Å²) in [6.07, 6.45) is -1.00. The maximum absolute atomic E-state index is 11.9. The van der Waals surface area contributed by atoms with E-state index in [1.165, 1.54) is 6.92 Å². The van der Waals surface area contributed by atoms with Gasteiger partial charge in [-0.2, -0.15) is 0 Å². The van der Waals surface area contributed by atoms with Crippen LogP contribution in [0.25, 0.3) is 0 Å². The molecule has 102 valence electrons. The van der Waals surface area contributed by atoms with Crippen LogP contribution in [0.2, 0.25) is 0 Å². The van der Waals surface area contributed by atoms with Gasteiger partial charge in [0, 0.05) is 6.42 Å². The summed E-state index contributed by atoms with van der Waals surface area (Å²) in [5.41, 5.74) is 0. The minimum absolute atomic E-state index is 0.316. The highest BCUT2D eigenvalue weighted by Crippen LogP contribution is 2.28. The van der Waals surface area contributed by atoms with E-state index in [9.17, 15) is 9.59 Å². The summed E-state index contributed by atoms with van der Waals surface area (Å²) in [5, 5.41) is 0. The van der Waals surface area contributed by atoms with Gasteiger partial charge >= 0.3 is 5.97 Å². The number of cyclic esters (lactones) is 1. The van der Waals surface area contributed by atoms with Crippen molar-refractivity contribution in [2.24, 2.45) is 0 Å². The van der Waals surface area contributed by atoms with Gasteiger partial charge in [0.1, 0.15) is 6.10 Å². The average Bonchev–Trinajstić information content (AvgIpc) is 2.36. The number of ether oxygens (including phenoxy) is 3. The molecule has 0 aromatic heterocycles. The highest BCUT2D eigenvalue weighted by atomic mass is 16.6. The van der Waals surface area contributed by atoms with Gasteiger partial charge in [-0.15, -0.1) is 0 Å². The van der Waals surface area contributed by atoms with Gasteiger partial charge in [0.15, 0.2) is 17.3 Å². The summed E-state index contributed by atoms with van der Waals surface area (Å²) < 4.78 is 16.2. The van der Waals surface area contributed by atoms with Gasteiger partial charge in [-0.25, -0.2) is 4.79 Å². The zero-order chi connectivity index (χ0) is 13.8. The summed E-state index contributed by atoms with van der Waals surface area (Å²) in [6.45, 7) is 3.47. The number of fused-ring (bicyclic) bond motifs is 1. The molecule has 0 spiro atoms. The molecule has 0 amide bonds. The van der Waals surface area contributed by atoms with Crippen molar-refractivity contribution >= 4 is 11.8 Å². The highest BCUT2D eigenvalue weighted by molar-refractivity contribution is 6.01. The lowest BCUT2D eigenvalue weighted by Gasteiger charge is -2.22. The fourth-order valence-corrected chi connectivity index (χ4v) is 1.74. The quantitative estimate of drug-likeness (QED) is 0.571. The zero-order valence-corrected chi connectivity index (χ0v) is 10.9. The smallest absolute Gasteiger partial charge is 0.355 e. The minimum Gasteiger partial charge on any atom is -0.490 e. The Hall–Kier alpha value is -2.04. The number of hydrogen-bond acceptors (Lipinski definition) is 5. The number of para-hydroxylation sites is 2. The number of Topliss-reactive ketones (excluding diaryl/α,β-unsaturated/α-hetero) is 1. The number of carbonyl (C=O) groups is 2. The first-order valence-electron chi connectivity index (χ1n) is 6.17. The fourth-order valence-electron chi connectivity index (χ4n) is 1.74. The normalized spacial score (nSPS) is 23.4. The van der Waals surface area contributed by atoms with Gasteiger partial charge in [-0.1, -0.05) is 12.1 Å². The van der Waals surface area contributed by atoms with Gasteiger partial charge in [-0.05, 0) is 26.0 Å². The molecule has 0 saturated carbocycles. The Morgan fingerprint density at radius 3 is 2.58 bits per heavy atom. The highest BCUT2D eigenvalue weighted by Gasteiger charge is 2.30. The van der Waals surface area contributed by atoms with Crippen LogP contribution in [0.5, 0.6) is 11.5 Å². The van der Waals surface area contributed by atoms with E-state index in [1.807, 2.05) is 0 Å². The third kappa shape index (κ3) is 3.24. The maximum Gasteiger partial charge on any atom is 0.355 e. The summed E-state index contributed by atoms with van der Waals surface area (Å²) in [4.78, 5) is 23.4. The van der Waals surface area contributed by atoms with Crippen molar-refractivity contribution in [3.05, 3.63) is 24.3 Å². The van der Waals surface area contributed by atoms with Gasteiger partial charge in [0.2, 0.25) is 0 Å². The first-order chi connectivity index (χ1) is 9.08. The van der Waals surface area contributed by atoms with E-state index in [0.717, 1.165) is 0 Å². The van der Waals surface area contributed by atoms with E-state index >= 15 is 0 Å². The maximum atomic E-state index is 11.9. The molecular weight excluding hydrogens is 248 g/mol. The molecule has 5 heteroatoms. The van der Waals surface area contributed by atoms with Crippen LogP contribution in [0.4, 0.5) is 0 Å². The van der Waals surface area contributed by atoms with Gasteiger partial charge in [-0.3, -0.25) is 4.79 Å². The number of benzene rings is 1. The molecule has 2 atom stereocenters. The Kier molecular flexibility index (Phi) is 4.04. The number of ketones is 1. The third-order valence-corrected chi connectivity index (χ3v) is 2.78. The molecule has 19 heavy (non-hydrogen) atoms. The molecule has 1 aliphatic heterocycles. The molecular formula is C14H16O5. The van der Waals surface area contributed by atoms with E-state index < -0.39 is 17.9 Å². The molecule has 1 aromatic carbocycles.